The summed E-state index contributed by atoms with van der Waals surface area (Å²) in [5, 5.41) is 11.8. The minimum Gasteiger partial charge on any atom is -0.383 e. The average Bonchev–Trinajstić information content (AvgIpc) is 3.63. The third-order valence-electron chi connectivity index (χ3n) is 7.20. The molecule has 0 saturated heterocycles. The quantitative estimate of drug-likeness (QED) is 0.271. The van der Waals surface area contributed by atoms with E-state index in [4.69, 9.17) is 5.73 Å². The Morgan fingerprint density at radius 1 is 1.12 bits per heavy atom. The molecule has 40 heavy (non-hydrogen) atoms. The van der Waals surface area contributed by atoms with Gasteiger partial charge in [-0.05, 0) is 36.8 Å². The number of thioether (sulfide) groups is 1. The smallest absolute Gasteiger partial charge is 0.330 e. The molecular formula is C28H33N7O3S2. The number of nitrogens with zero attached hydrogens (tertiary/aromatic N) is 5. The fourth-order valence-electron chi connectivity index (χ4n) is 5.23. The summed E-state index contributed by atoms with van der Waals surface area (Å²) in [4.78, 5) is 43.9. The number of thiophene rings is 1. The number of aromatic nitrogens is 5. The molecule has 0 radical (unpaired) electrons. The van der Waals surface area contributed by atoms with Crippen LogP contribution >= 0.6 is 23.1 Å². The minimum absolute atomic E-state index is 0.0178. The van der Waals surface area contributed by atoms with E-state index < -0.39 is 11.2 Å². The number of hydrogen-bond acceptors (Lipinski definition) is 8. The van der Waals surface area contributed by atoms with Crippen LogP contribution in [0.5, 0.6) is 0 Å². The van der Waals surface area contributed by atoms with Crippen LogP contribution in [0.25, 0.3) is 0 Å². The van der Waals surface area contributed by atoms with Crippen LogP contribution < -0.4 is 21.9 Å². The van der Waals surface area contributed by atoms with E-state index in [1.54, 1.807) is 18.3 Å². The second-order valence-electron chi connectivity index (χ2n) is 9.81. The van der Waals surface area contributed by atoms with Gasteiger partial charge in [-0.25, -0.2) is 4.79 Å². The van der Waals surface area contributed by atoms with Gasteiger partial charge in [0.2, 0.25) is 5.91 Å². The molecule has 0 spiro atoms. The Morgan fingerprint density at radius 2 is 1.90 bits per heavy atom. The van der Waals surface area contributed by atoms with Crippen molar-refractivity contribution in [2.45, 2.75) is 63.2 Å². The van der Waals surface area contributed by atoms with Crippen molar-refractivity contribution in [2.24, 2.45) is 0 Å². The second-order valence-corrected chi connectivity index (χ2v) is 11.8. The maximum atomic E-state index is 13.5. The molecule has 210 valence electrons. The molecule has 10 nitrogen and oxygen atoms in total. The highest BCUT2D eigenvalue weighted by atomic mass is 32.2. The van der Waals surface area contributed by atoms with Gasteiger partial charge < -0.3 is 15.2 Å². The number of H-pyrrole nitrogens is 1. The van der Waals surface area contributed by atoms with Crippen LogP contribution in [0.4, 0.5) is 11.5 Å². The van der Waals surface area contributed by atoms with Crippen molar-refractivity contribution in [3.05, 3.63) is 84.9 Å². The van der Waals surface area contributed by atoms with E-state index in [-0.39, 0.29) is 36.3 Å². The molecule has 3 aromatic heterocycles. The Balaban J connectivity index is 1.39. The van der Waals surface area contributed by atoms with Crippen molar-refractivity contribution in [3.63, 3.8) is 0 Å². The van der Waals surface area contributed by atoms with Gasteiger partial charge in [0, 0.05) is 23.9 Å². The lowest BCUT2D eigenvalue weighted by molar-refractivity contribution is -0.116. The number of nitrogen functional groups attached to an aromatic ring is 1. The number of nitrogens with two attached hydrogens (primary N) is 1. The third-order valence-corrected chi connectivity index (χ3v) is 9.00. The van der Waals surface area contributed by atoms with Crippen molar-refractivity contribution in [1.82, 2.24) is 24.3 Å². The number of anilines is 2. The molecule has 1 aliphatic carbocycles. The zero-order valence-corrected chi connectivity index (χ0v) is 24.0. The summed E-state index contributed by atoms with van der Waals surface area (Å²) in [7, 11) is 0. The Kier molecular flexibility index (Phi) is 8.85. The van der Waals surface area contributed by atoms with Crippen molar-refractivity contribution < 1.29 is 4.79 Å². The molecule has 1 fully saturated rings. The standard InChI is InChI=1S/C28H33N7O3S2/c1-2-33(24-25(29)34(27(38)30-26(24)37)17-19-10-5-3-6-11-19)23(36)18-40-28-32-31-22(16-21-14-9-15-39-21)35(28)20-12-7-4-8-13-20/h3,5-6,9-11,14-15,20H,2,4,7-8,12-13,16-18,29H2,1H3,(H,30,37,38). The first-order valence-corrected chi connectivity index (χ1v) is 15.4. The zero-order chi connectivity index (χ0) is 28.1. The molecule has 3 heterocycles. The number of carbonyl (C=O) groups excluding carboxylic acids is 1. The Labute approximate surface area is 240 Å². The molecule has 0 unspecified atom stereocenters. The van der Waals surface area contributed by atoms with E-state index in [2.05, 4.69) is 31.2 Å². The third kappa shape index (κ3) is 6.07. The molecule has 1 amide bonds. The van der Waals surface area contributed by atoms with Gasteiger partial charge >= 0.3 is 5.69 Å². The first kappa shape index (κ1) is 27.9. The van der Waals surface area contributed by atoms with Gasteiger partial charge in [0.15, 0.2) is 10.8 Å². The molecule has 5 rings (SSSR count). The SMILES string of the molecule is CCN(C(=O)CSc1nnc(Cc2cccs2)n1C1CCCCC1)c1c(N)n(Cc2ccccc2)c(=O)[nH]c1=O. The van der Waals surface area contributed by atoms with Gasteiger partial charge in [-0.1, -0.05) is 67.4 Å². The van der Waals surface area contributed by atoms with Gasteiger partial charge in [-0.2, -0.15) is 0 Å². The molecule has 12 heteroatoms. The molecule has 1 aromatic carbocycles. The maximum Gasteiger partial charge on any atom is 0.330 e. The number of aromatic amines is 1. The lowest BCUT2D eigenvalue weighted by atomic mass is 9.95. The second kappa shape index (κ2) is 12.7. The highest BCUT2D eigenvalue weighted by Crippen LogP contribution is 2.34. The molecule has 0 atom stereocenters. The van der Waals surface area contributed by atoms with Gasteiger partial charge in [-0.15, -0.1) is 21.5 Å². The predicted molar refractivity (Wildman–Crippen MR) is 159 cm³/mol. The van der Waals surface area contributed by atoms with Gasteiger partial charge in [-0.3, -0.25) is 19.1 Å². The summed E-state index contributed by atoms with van der Waals surface area (Å²) < 4.78 is 3.50. The molecule has 0 aliphatic heterocycles. The van der Waals surface area contributed by atoms with Gasteiger partial charge in [0.25, 0.3) is 5.56 Å². The van der Waals surface area contributed by atoms with Crippen LogP contribution in [0.2, 0.25) is 0 Å². The Hall–Kier alpha value is -3.64. The summed E-state index contributed by atoms with van der Waals surface area (Å²) >= 11 is 3.02. The molecule has 3 N–H and O–H groups in total. The highest BCUT2D eigenvalue weighted by molar-refractivity contribution is 7.99. The average molecular weight is 580 g/mol. The minimum atomic E-state index is -0.685. The van der Waals surface area contributed by atoms with Crippen LogP contribution in [-0.4, -0.2) is 42.5 Å². The first-order valence-electron chi connectivity index (χ1n) is 13.5. The first-order chi connectivity index (χ1) is 19.5. The number of amides is 1. The van der Waals surface area contributed by atoms with Crippen molar-refractivity contribution in [2.75, 3.05) is 22.9 Å². The highest BCUT2D eigenvalue weighted by Gasteiger charge is 2.27. The summed E-state index contributed by atoms with van der Waals surface area (Å²) in [5.41, 5.74) is 5.89. The zero-order valence-electron chi connectivity index (χ0n) is 22.4. The van der Waals surface area contributed by atoms with Crippen molar-refractivity contribution >= 4 is 40.5 Å². The summed E-state index contributed by atoms with van der Waals surface area (Å²) in [6.07, 6.45) is 6.38. The Morgan fingerprint density at radius 3 is 2.60 bits per heavy atom. The topological polar surface area (TPSA) is 132 Å². The molecule has 4 aromatic rings. The molecular weight excluding hydrogens is 546 g/mol. The fraction of sp³-hybridized carbons (Fsp3) is 0.393. The van der Waals surface area contributed by atoms with Gasteiger partial charge in [0.05, 0.1) is 12.3 Å². The van der Waals surface area contributed by atoms with E-state index >= 15 is 0 Å². The normalized spacial score (nSPS) is 13.9. The number of hydrogen-bond donors (Lipinski definition) is 2. The molecule has 1 aliphatic rings. The summed E-state index contributed by atoms with van der Waals surface area (Å²) in [6, 6.07) is 13.8. The van der Waals surface area contributed by atoms with Crippen molar-refractivity contribution in [3.8, 4) is 0 Å². The summed E-state index contributed by atoms with van der Waals surface area (Å²) in [6.45, 7) is 2.17. The van der Waals surface area contributed by atoms with Crippen LogP contribution in [0, 0.1) is 0 Å². The lowest BCUT2D eigenvalue weighted by Gasteiger charge is -2.26. The fourth-order valence-corrected chi connectivity index (χ4v) is 6.83. The van der Waals surface area contributed by atoms with Gasteiger partial charge in [0.1, 0.15) is 11.6 Å². The number of carbonyl (C=O) groups is 1. The van der Waals surface area contributed by atoms with Crippen LogP contribution in [-0.2, 0) is 17.8 Å². The predicted octanol–water partition coefficient (Wildman–Crippen LogP) is 4.06. The van der Waals surface area contributed by atoms with Crippen LogP contribution in [0.1, 0.15) is 61.3 Å². The number of nitrogens with one attached hydrogen (secondary N) is 1. The monoisotopic (exact) mass is 579 g/mol. The number of benzene rings is 1. The van der Waals surface area contributed by atoms with Crippen LogP contribution in [0.3, 0.4) is 0 Å². The van der Waals surface area contributed by atoms with E-state index in [1.807, 2.05) is 36.4 Å². The Bertz CT molecular complexity index is 1550. The van der Waals surface area contributed by atoms with Crippen LogP contribution in [0.15, 0.2) is 62.6 Å². The maximum absolute atomic E-state index is 13.5. The molecule has 0 bridgehead atoms. The molecule has 1 saturated carbocycles. The van der Waals surface area contributed by atoms with E-state index in [0.717, 1.165) is 37.1 Å². The van der Waals surface area contributed by atoms with E-state index in [0.29, 0.717) is 17.6 Å². The summed E-state index contributed by atoms with van der Waals surface area (Å²) in [5.74, 6) is 0.619. The van der Waals surface area contributed by atoms with E-state index in [9.17, 15) is 14.4 Å². The lowest BCUT2D eigenvalue weighted by Crippen LogP contribution is -2.42. The van der Waals surface area contributed by atoms with Crippen molar-refractivity contribution in [1.29, 1.82) is 0 Å². The van der Waals surface area contributed by atoms with E-state index in [1.165, 1.54) is 32.5 Å². The number of rotatable bonds is 10. The largest absolute Gasteiger partial charge is 0.383 e.